The van der Waals surface area contributed by atoms with Gasteiger partial charge in [0.15, 0.2) is 6.10 Å². The Hall–Kier alpha value is -1.43. The lowest BCUT2D eigenvalue weighted by molar-refractivity contribution is -0.138. The van der Waals surface area contributed by atoms with Crippen LogP contribution in [0.3, 0.4) is 0 Å². The highest BCUT2D eigenvalue weighted by atomic mass is 16.5. The molecule has 21 heavy (non-hydrogen) atoms. The summed E-state index contributed by atoms with van der Waals surface area (Å²) >= 11 is 0. The van der Waals surface area contributed by atoms with Crippen LogP contribution in [-0.2, 0) is 20.7 Å². The Bertz CT molecular complexity index is 562. The summed E-state index contributed by atoms with van der Waals surface area (Å²) < 4.78 is 11.3. The number of hydrogen-bond acceptors (Lipinski definition) is 4. The van der Waals surface area contributed by atoms with Crippen molar-refractivity contribution >= 4 is 5.91 Å². The molecule has 1 saturated carbocycles. The Labute approximate surface area is 123 Å². The molecule has 1 amide bonds. The van der Waals surface area contributed by atoms with E-state index in [-0.39, 0.29) is 24.1 Å². The monoisotopic (exact) mass is 288 g/mol. The van der Waals surface area contributed by atoms with Crippen LogP contribution in [0.1, 0.15) is 23.7 Å². The van der Waals surface area contributed by atoms with Crippen LogP contribution in [0.5, 0.6) is 0 Å². The van der Waals surface area contributed by atoms with Gasteiger partial charge < -0.3 is 20.5 Å². The molecule has 3 aliphatic rings. The maximum atomic E-state index is 12.6. The van der Waals surface area contributed by atoms with Crippen molar-refractivity contribution in [3.63, 3.8) is 0 Å². The van der Waals surface area contributed by atoms with Gasteiger partial charge in [-0.1, -0.05) is 24.3 Å². The summed E-state index contributed by atoms with van der Waals surface area (Å²) in [4.78, 5) is 12.6. The first-order valence-electron chi connectivity index (χ1n) is 7.62. The number of carbonyl (C=O) groups excluding carboxylic acids is 1. The second kappa shape index (κ2) is 5.09. The fourth-order valence-electron chi connectivity index (χ4n) is 3.78. The van der Waals surface area contributed by atoms with Gasteiger partial charge in [0.05, 0.1) is 18.8 Å². The molecule has 3 N–H and O–H groups in total. The number of carbonyl (C=O) groups is 1. The van der Waals surface area contributed by atoms with Gasteiger partial charge in [0.2, 0.25) is 0 Å². The first-order valence-corrected chi connectivity index (χ1v) is 7.62. The molecule has 0 bridgehead atoms. The van der Waals surface area contributed by atoms with Gasteiger partial charge in [0.25, 0.3) is 5.91 Å². The van der Waals surface area contributed by atoms with Crippen molar-refractivity contribution in [2.24, 2.45) is 11.7 Å². The average Bonchev–Trinajstić information content (AvgIpc) is 2.96. The van der Waals surface area contributed by atoms with E-state index in [4.69, 9.17) is 15.2 Å². The molecule has 5 nitrogen and oxygen atoms in total. The van der Waals surface area contributed by atoms with Crippen molar-refractivity contribution < 1.29 is 14.3 Å². The van der Waals surface area contributed by atoms with Crippen LogP contribution in [0.25, 0.3) is 0 Å². The van der Waals surface area contributed by atoms with E-state index >= 15 is 0 Å². The number of ether oxygens (including phenoxy) is 2. The topological polar surface area (TPSA) is 73.6 Å². The molecule has 0 spiro atoms. The van der Waals surface area contributed by atoms with Crippen molar-refractivity contribution in [1.29, 1.82) is 0 Å². The summed E-state index contributed by atoms with van der Waals surface area (Å²) in [6.07, 6.45) is 1.42. The minimum Gasteiger partial charge on any atom is -0.376 e. The standard InChI is InChI=1S/C16H20N2O3/c17-12-11-6-8-20-14(11)13(12)18-16(19)15-10-4-2-1-3-9(10)5-7-21-15/h1-4,11-15H,5-8,17H2,(H,18,19). The molecule has 5 atom stereocenters. The number of hydrogen-bond donors (Lipinski definition) is 2. The van der Waals surface area contributed by atoms with Gasteiger partial charge in [-0.05, 0) is 24.0 Å². The van der Waals surface area contributed by atoms with Crippen molar-refractivity contribution in [2.45, 2.75) is 37.1 Å². The van der Waals surface area contributed by atoms with Crippen molar-refractivity contribution in [3.8, 4) is 0 Å². The average molecular weight is 288 g/mol. The van der Waals surface area contributed by atoms with Crippen molar-refractivity contribution in [2.75, 3.05) is 13.2 Å². The Morgan fingerprint density at radius 2 is 2.10 bits per heavy atom. The number of benzene rings is 1. The molecule has 1 aromatic carbocycles. The van der Waals surface area contributed by atoms with Crippen molar-refractivity contribution in [1.82, 2.24) is 5.32 Å². The fraction of sp³-hybridized carbons (Fsp3) is 0.562. The van der Waals surface area contributed by atoms with E-state index in [1.807, 2.05) is 18.2 Å². The molecule has 112 valence electrons. The first-order chi connectivity index (χ1) is 10.3. The normalized spacial score (nSPS) is 37.3. The highest BCUT2D eigenvalue weighted by Gasteiger charge is 2.53. The lowest BCUT2D eigenvalue weighted by Gasteiger charge is -2.46. The van der Waals surface area contributed by atoms with Crippen LogP contribution in [-0.4, -0.2) is 37.3 Å². The zero-order chi connectivity index (χ0) is 14.4. The summed E-state index contributed by atoms with van der Waals surface area (Å²) in [5, 5.41) is 3.03. The lowest BCUT2D eigenvalue weighted by Crippen LogP contribution is -2.69. The van der Waals surface area contributed by atoms with Crippen LogP contribution in [0, 0.1) is 5.92 Å². The number of amides is 1. The first kappa shape index (κ1) is 13.2. The molecule has 1 aliphatic carbocycles. The quantitative estimate of drug-likeness (QED) is 0.832. The van der Waals surface area contributed by atoms with Crippen LogP contribution >= 0.6 is 0 Å². The number of nitrogens with one attached hydrogen (secondary N) is 1. The Morgan fingerprint density at radius 3 is 3.00 bits per heavy atom. The maximum absolute atomic E-state index is 12.6. The van der Waals surface area contributed by atoms with E-state index in [0.29, 0.717) is 12.5 Å². The summed E-state index contributed by atoms with van der Waals surface area (Å²) in [6.45, 7) is 1.33. The van der Waals surface area contributed by atoms with Gasteiger partial charge in [0, 0.05) is 18.6 Å². The second-order valence-corrected chi connectivity index (χ2v) is 6.10. The van der Waals surface area contributed by atoms with E-state index in [0.717, 1.165) is 25.0 Å². The number of nitrogens with two attached hydrogens (primary N) is 1. The summed E-state index contributed by atoms with van der Waals surface area (Å²) in [6, 6.07) is 7.89. The van der Waals surface area contributed by atoms with Crippen LogP contribution in [0.4, 0.5) is 0 Å². The van der Waals surface area contributed by atoms with Gasteiger partial charge in [-0.15, -0.1) is 0 Å². The third-order valence-corrected chi connectivity index (χ3v) is 4.99. The molecular formula is C16H20N2O3. The van der Waals surface area contributed by atoms with E-state index in [9.17, 15) is 4.79 Å². The predicted molar refractivity (Wildman–Crippen MR) is 76.6 cm³/mol. The smallest absolute Gasteiger partial charge is 0.254 e. The number of rotatable bonds is 2. The minimum absolute atomic E-state index is 0.000263. The van der Waals surface area contributed by atoms with Crippen LogP contribution in [0.15, 0.2) is 24.3 Å². The van der Waals surface area contributed by atoms with Gasteiger partial charge in [-0.3, -0.25) is 4.79 Å². The molecular weight excluding hydrogens is 268 g/mol. The summed E-state index contributed by atoms with van der Waals surface area (Å²) in [7, 11) is 0. The molecule has 0 aromatic heterocycles. The van der Waals surface area contributed by atoms with E-state index in [1.54, 1.807) is 0 Å². The molecule has 2 aliphatic heterocycles. The Morgan fingerprint density at radius 1 is 1.24 bits per heavy atom. The van der Waals surface area contributed by atoms with Crippen LogP contribution in [0.2, 0.25) is 0 Å². The van der Waals surface area contributed by atoms with Gasteiger partial charge in [-0.25, -0.2) is 0 Å². The van der Waals surface area contributed by atoms with Gasteiger partial charge in [0.1, 0.15) is 0 Å². The Kier molecular flexibility index (Phi) is 3.21. The van der Waals surface area contributed by atoms with Crippen molar-refractivity contribution in [3.05, 3.63) is 35.4 Å². The molecule has 4 rings (SSSR count). The zero-order valence-electron chi connectivity index (χ0n) is 11.8. The SMILES string of the molecule is NC1C2CCOC2C1NC(=O)C1OCCc2ccccc21. The second-order valence-electron chi connectivity index (χ2n) is 6.10. The molecule has 2 heterocycles. The molecule has 2 fully saturated rings. The number of fused-ring (bicyclic) bond motifs is 2. The maximum Gasteiger partial charge on any atom is 0.254 e. The van der Waals surface area contributed by atoms with Gasteiger partial charge in [-0.2, -0.15) is 0 Å². The third-order valence-electron chi connectivity index (χ3n) is 4.99. The van der Waals surface area contributed by atoms with Crippen LogP contribution < -0.4 is 11.1 Å². The predicted octanol–water partition coefficient (Wildman–Crippen LogP) is 0.531. The van der Waals surface area contributed by atoms with Gasteiger partial charge >= 0.3 is 0 Å². The molecule has 1 aromatic rings. The minimum atomic E-state index is -0.525. The highest BCUT2D eigenvalue weighted by molar-refractivity contribution is 5.83. The Balaban J connectivity index is 1.49. The summed E-state index contributed by atoms with van der Waals surface area (Å²) in [5.41, 5.74) is 8.31. The highest BCUT2D eigenvalue weighted by Crippen LogP contribution is 2.38. The molecule has 5 heteroatoms. The molecule has 5 unspecified atom stereocenters. The largest absolute Gasteiger partial charge is 0.376 e. The third kappa shape index (κ3) is 2.08. The lowest BCUT2D eigenvalue weighted by atomic mass is 9.72. The molecule has 0 radical (unpaired) electrons. The zero-order valence-corrected chi connectivity index (χ0v) is 11.8. The summed E-state index contributed by atoms with van der Waals surface area (Å²) in [5.74, 6) is 0.298. The van der Waals surface area contributed by atoms with E-state index in [1.165, 1.54) is 5.56 Å². The van der Waals surface area contributed by atoms with E-state index < -0.39 is 6.10 Å². The van der Waals surface area contributed by atoms with E-state index in [2.05, 4.69) is 11.4 Å². The fourth-order valence-corrected chi connectivity index (χ4v) is 3.78. The molecule has 1 saturated heterocycles.